The molecule has 1 saturated heterocycles. The zero-order chi connectivity index (χ0) is 22.1. The molecule has 1 aromatic carbocycles. The van der Waals surface area contributed by atoms with Crippen LogP contribution in [0, 0.1) is 6.92 Å². The summed E-state index contributed by atoms with van der Waals surface area (Å²) in [5, 5.41) is 15.1. The molecule has 4 aromatic rings. The standard InChI is InChI=1S/C24H26N6OS/c1-15-23(27-19-4-3-12-25-14-19)29-22-11-13-26-30(22)24(15)28-18-7-5-17(6-8-18)21-10-9-20(32-21)16(2)31/h5-11,13,19,25,28H,3-4,12,14H2,1-2H3,(H,27,29)/t19-/m0/s1. The van der Waals surface area contributed by atoms with Gasteiger partial charge in [-0.15, -0.1) is 11.3 Å². The van der Waals surface area contributed by atoms with Gasteiger partial charge in [-0.05, 0) is 63.1 Å². The third kappa shape index (κ3) is 4.11. The Kier molecular flexibility index (Phi) is 5.63. The Morgan fingerprint density at radius 2 is 2.03 bits per heavy atom. The normalized spacial score (nSPS) is 16.2. The van der Waals surface area contributed by atoms with Crippen LogP contribution in [0.5, 0.6) is 0 Å². The Bertz CT molecular complexity index is 1250. The Labute approximate surface area is 190 Å². The number of ketones is 1. The van der Waals surface area contributed by atoms with Crippen molar-refractivity contribution in [3.05, 3.63) is 59.1 Å². The van der Waals surface area contributed by atoms with Crippen molar-refractivity contribution in [3.8, 4) is 10.4 Å². The number of nitrogens with one attached hydrogen (secondary N) is 3. The molecule has 164 valence electrons. The molecule has 0 amide bonds. The number of aromatic nitrogens is 3. The highest BCUT2D eigenvalue weighted by molar-refractivity contribution is 7.17. The van der Waals surface area contributed by atoms with Crippen molar-refractivity contribution in [3.63, 3.8) is 0 Å². The molecule has 8 heteroatoms. The first-order valence-corrected chi connectivity index (χ1v) is 11.7. The number of rotatable bonds is 6. The molecule has 3 N–H and O–H groups in total. The molecule has 0 bridgehead atoms. The van der Waals surface area contributed by atoms with Crippen molar-refractivity contribution in [2.45, 2.75) is 32.7 Å². The highest BCUT2D eigenvalue weighted by Gasteiger charge is 2.18. The van der Waals surface area contributed by atoms with Gasteiger partial charge in [0.15, 0.2) is 11.4 Å². The van der Waals surface area contributed by atoms with E-state index in [4.69, 9.17) is 4.98 Å². The van der Waals surface area contributed by atoms with Crippen molar-refractivity contribution >= 4 is 40.1 Å². The molecule has 1 aliphatic rings. The Balaban J connectivity index is 1.42. The van der Waals surface area contributed by atoms with E-state index in [2.05, 4.69) is 52.2 Å². The van der Waals surface area contributed by atoms with Crippen LogP contribution in [-0.2, 0) is 0 Å². The first-order valence-electron chi connectivity index (χ1n) is 10.9. The van der Waals surface area contributed by atoms with Crippen molar-refractivity contribution in [2.24, 2.45) is 0 Å². The van der Waals surface area contributed by atoms with Gasteiger partial charge in [0.25, 0.3) is 0 Å². The maximum atomic E-state index is 11.6. The highest BCUT2D eigenvalue weighted by atomic mass is 32.1. The Hall–Kier alpha value is -3.23. The molecule has 4 heterocycles. The van der Waals surface area contributed by atoms with Gasteiger partial charge in [-0.1, -0.05) is 12.1 Å². The Morgan fingerprint density at radius 3 is 2.75 bits per heavy atom. The first-order chi connectivity index (χ1) is 15.6. The van der Waals surface area contributed by atoms with E-state index in [0.29, 0.717) is 6.04 Å². The fourth-order valence-corrected chi connectivity index (χ4v) is 4.92. The van der Waals surface area contributed by atoms with Crippen LogP contribution in [0.15, 0.2) is 48.7 Å². The van der Waals surface area contributed by atoms with Crippen molar-refractivity contribution in [1.82, 2.24) is 19.9 Å². The monoisotopic (exact) mass is 446 g/mol. The molecule has 0 radical (unpaired) electrons. The van der Waals surface area contributed by atoms with Gasteiger partial charge in [0.2, 0.25) is 0 Å². The summed E-state index contributed by atoms with van der Waals surface area (Å²) in [7, 11) is 0. The van der Waals surface area contributed by atoms with Crippen LogP contribution >= 0.6 is 11.3 Å². The van der Waals surface area contributed by atoms with E-state index in [1.54, 1.807) is 13.1 Å². The van der Waals surface area contributed by atoms with Crippen LogP contribution in [0.1, 0.15) is 35.0 Å². The number of Topliss-reactive ketones (excluding diaryl/α,β-unsaturated/α-hetero) is 1. The van der Waals surface area contributed by atoms with Crippen molar-refractivity contribution in [1.29, 1.82) is 0 Å². The number of carbonyl (C=O) groups is 1. The molecule has 0 unspecified atom stereocenters. The third-order valence-corrected chi connectivity index (χ3v) is 7.03. The lowest BCUT2D eigenvalue weighted by Crippen LogP contribution is -2.38. The summed E-state index contributed by atoms with van der Waals surface area (Å²) in [5.41, 5.74) is 3.89. The van der Waals surface area contributed by atoms with Gasteiger partial charge >= 0.3 is 0 Å². The molecular weight excluding hydrogens is 420 g/mol. The van der Waals surface area contributed by atoms with Crippen LogP contribution in [0.3, 0.4) is 0 Å². The number of nitrogens with zero attached hydrogens (tertiary/aromatic N) is 3. The minimum absolute atomic E-state index is 0.101. The van der Waals surface area contributed by atoms with Crippen LogP contribution in [0.25, 0.3) is 16.1 Å². The summed E-state index contributed by atoms with van der Waals surface area (Å²) in [6.07, 6.45) is 4.07. The molecule has 1 aliphatic heterocycles. The number of carbonyl (C=O) groups excluding carboxylic acids is 1. The van der Waals surface area contributed by atoms with Crippen LogP contribution < -0.4 is 16.0 Å². The SMILES string of the molecule is CC(=O)c1ccc(-c2ccc(Nc3c(C)c(N[C@H]4CCCNC4)nc4ccnn34)cc2)s1. The first kappa shape index (κ1) is 20.7. The zero-order valence-electron chi connectivity index (χ0n) is 18.2. The van der Waals surface area contributed by atoms with Gasteiger partial charge in [-0.3, -0.25) is 4.79 Å². The van der Waals surface area contributed by atoms with E-state index in [1.807, 2.05) is 22.7 Å². The molecule has 32 heavy (non-hydrogen) atoms. The largest absolute Gasteiger partial charge is 0.366 e. The maximum Gasteiger partial charge on any atom is 0.169 e. The average molecular weight is 447 g/mol. The van der Waals surface area contributed by atoms with Crippen molar-refractivity contribution in [2.75, 3.05) is 23.7 Å². The van der Waals surface area contributed by atoms with E-state index in [1.165, 1.54) is 17.8 Å². The van der Waals surface area contributed by atoms with Crippen LogP contribution in [0.4, 0.5) is 17.3 Å². The second-order valence-electron chi connectivity index (χ2n) is 8.15. The summed E-state index contributed by atoms with van der Waals surface area (Å²) < 4.78 is 1.84. The highest BCUT2D eigenvalue weighted by Crippen LogP contribution is 2.31. The Morgan fingerprint density at radius 1 is 1.19 bits per heavy atom. The second-order valence-corrected chi connectivity index (χ2v) is 9.23. The van der Waals surface area contributed by atoms with Gasteiger partial charge in [0, 0.05) is 34.8 Å². The van der Waals surface area contributed by atoms with Gasteiger partial charge in [0.1, 0.15) is 11.6 Å². The molecule has 0 saturated carbocycles. The van der Waals surface area contributed by atoms with E-state index in [0.717, 1.165) is 63.4 Å². The maximum absolute atomic E-state index is 11.6. The summed E-state index contributed by atoms with van der Waals surface area (Å²) in [6, 6.07) is 14.4. The number of anilines is 3. The number of hydrogen-bond donors (Lipinski definition) is 3. The molecular formula is C24H26N6OS. The van der Waals surface area contributed by atoms with E-state index in [-0.39, 0.29) is 5.78 Å². The minimum Gasteiger partial charge on any atom is -0.366 e. The predicted octanol–water partition coefficient (Wildman–Crippen LogP) is 4.88. The van der Waals surface area contributed by atoms with Crippen molar-refractivity contribution < 1.29 is 4.79 Å². The summed E-state index contributed by atoms with van der Waals surface area (Å²) in [6.45, 7) is 5.70. The topological polar surface area (TPSA) is 83.4 Å². The summed E-state index contributed by atoms with van der Waals surface area (Å²) in [4.78, 5) is 18.3. The average Bonchev–Trinajstić information content (AvgIpc) is 3.48. The lowest BCUT2D eigenvalue weighted by molar-refractivity contribution is 0.102. The van der Waals surface area contributed by atoms with Gasteiger partial charge in [0.05, 0.1) is 11.1 Å². The number of piperidine rings is 1. The molecule has 0 aliphatic carbocycles. The fourth-order valence-electron chi connectivity index (χ4n) is 4.02. The predicted molar refractivity (Wildman–Crippen MR) is 130 cm³/mol. The molecule has 0 spiro atoms. The minimum atomic E-state index is 0.101. The van der Waals surface area contributed by atoms with Gasteiger partial charge < -0.3 is 16.0 Å². The third-order valence-electron chi connectivity index (χ3n) is 5.79. The van der Waals surface area contributed by atoms with E-state index < -0.39 is 0 Å². The molecule has 3 aromatic heterocycles. The van der Waals surface area contributed by atoms with Gasteiger partial charge in [-0.25, -0.2) is 4.98 Å². The number of fused-ring (bicyclic) bond motifs is 1. The molecule has 1 atom stereocenters. The van der Waals surface area contributed by atoms with Gasteiger partial charge in [-0.2, -0.15) is 9.61 Å². The lowest BCUT2D eigenvalue weighted by atomic mass is 10.1. The summed E-state index contributed by atoms with van der Waals surface area (Å²) in [5.74, 6) is 1.89. The van der Waals surface area contributed by atoms with Crippen LogP contribution in [0.2, 0.25) is 0 Å². The molecule has 1 fully saturated rings. The number of benzene rings is 1. The molecule has 5 rings (SSSR count). The fraction of sp³-hybridized carbons (Fsp3) is 0.292. The van der Waals surface area contributed by atoms with E-state index in [9.17, 15) is 4.79 Å². The number of thiophene rings is 1. The smallest absolute Gasteiger partial charge is 0.169 e. The lowest BCUT2D eigenvalue weighted by Gasteiger charge is -2.25. The quantitative estimate of drug-likeness (QED) is 0.366. The second kappa shape index (κ2) is 8.72. The van der Waals surface area contributed by atoms with E-state index >= 15 is 0 Å². The zero-order valence-corrected chi connectivity index (χ0v) is 19.0. The summed E-state index contributed by atoms with van der Waals surface area (Å²) >= 11 is 1.52. The molecule has 7 nitrogen and oxygen atoms in total. The van der Waals surface area contributed by atoms with Crippen LogP contribution in [-0.4, -0.2) is 39.5 Å². The number of hydrogen-bond acceptors (Lipinski definition) is 7.